The van der Waals surface area contributed by atoms with Gasteiger partial charge in [0, 0.05) is 31.4 Å². The van der Waals surface area contributed by atoms with Gasteiger partial charge in [0.05, 0.1) is 19.3 Å². The number of guanidine groups is 1. The van der Waals surface area contributed by atoms with Gasteiger partial charge in [-0.05, 0) is 26.0 Å². The Morgan fingerprint density at radius 1 is 1.34 bits per heavy atom. The van der Waals surface area contributed by atoms with Gasteiger partial charge in [0.15, 0.2) is 17.5 Å². The number of hydrogen-bond donors (Lipinski definition) is 3. The molecule has 1 aromatic heterocycles. The van der Waals surface area contributed by atoms with Crippen molar-refractivity contribution in [3.8, 4) is 17.2 Å². The fraction of sp³-hybridized carbons (Fsp3) is 0.474. The van der Waals surface area contributed by atoms with Crippen LogP contribution in [-0.4, -0.2) is 53.9 Å². The minimum atomic E-state index is -1.10. The molecule has 1 unspecified atom stereocenters. The molecule has 0 saturated carbocycles. The van der Waals surface area contributed by atoms with Crippen molar-refractivity contribution in [2.45, 2.75) is 19.4 Å². The highest BCUT2D eigenvalue weighted by Gasteiger charge is 2.24. The first-order valence-electron chi connectivity index (χ1n) is 9.24. The second-order valence-corrected chi connectivity index (χ2v) is 6.66. The summed E-state index contributed by atoms with van der Waals surface area (Å²) in [6, 6.07) is 5.49. The molecule has 29 heavy (non-hydrogen) atoms. The Labute approximate surface area is 187 Å². The highest BCUT2D eigenvalue weighted by Crippen LogP contribution is 2.34. The second-order valence-electron chi connectivity index (χ2n) is 6.66. The van der Waals surface area contributed by atoms with Crippen molar-refractivity contribution in [2.24, 2.45) is 12.0 Å². The number of nitrogens with one attached hydrogen (secondary N) is 2. The van der Waals surface area contributed by atoms with Crippen LogP contribution in [-0.2, 0) is 12.6 Å². The van der Waals surface area contributed by atoms with Crippen molar-refractivity contribution in [1.82, 2.24) is 20.4 Å². The number of nitrogens with zero attached hydrogens (tertiary/aromatic N) is 3. The van der Waals surface area contributed by atoms with Gasteiger partial charge in [0.1, 0.15) is 18.0 Å². The van der Waals surface area contributed by atoms with E-state index in [9.17, 15) is 5.11 Å². The molecular formula is C19H28IN5O4. The standard InChI is InChI=1S/C19H27N5O4.HI/c1-4-20-18(22-12-19(2,25)14-10-23-24(3)11-14)21-7-8-26-15-5-6-16-17(9-15)28-13-27-16;/h5-6,9-11,25H,4,7-8,12-13H2,1-3H3,(H2,20,21,22);1H. The molecule has 1 aliphatic heterocycles. The number of rotatable bonds is 8. The van der Waals surface area contributed by atoms with E-state index in [1.807, 2.05) is 32.2 Å². The monoisotopic (exact) mass is 517 g/mol. The van der Waals surface area contributed by atoms with Crippen LogP contribution < -0.4 is 24.8 Å². The van der Waals surface area contributed by atoms with Gasteiger partial charge in [-0.3, -0.25) is 4.68 Å². The number of aryl methyl sites for hydroxylation is 1. The molecule has 2 heterocycles. The molecule has 1 aliphatic rings. The van der Waals surface area contributed by atoms with Crippen LogP contribution in [0.2, 0.25) is 0 Å². The summed E-state index contributed by atoms with van der Waals surface area (Å²) in [5, 5.41) is 21.1. The van der Waals surface area contributed by atoms with Crippen LogP contribution in [0, 0.1) is 0 Å². The van der Waals surface area contributed by atoms with Gasteiger partial charge in [0.25, 0.3) is 0 Å². The van der Waals surface area contributed by atoms with E-state index in [-0.39, 0.29) is 37.3 Å². The highest BCUT2D eigenvalue weighted by molar-refractivity contribution is 14.0. The quantitative estimate of drug-likeness (QED) is 0.212. The van der Waals surface area contributed by atoms with Gasteiger partial charge in [0.2, 0.25) is 6.79 Å². The first kappa shape index (κ1) is 23.1. The van der Waals surface area contributed by atoms with E-state index < -0.39 is 5.60 Å². The van der Waals surface area contributed by atoms with Gasteiger partial charge >= 0.3 is 0 Å². The zero-order chi connectivity index (χ0) is 20.0. The van der Waals surface area contributed by atoms with E-state index in [1.54, 1.807) is 24.0 Å². The average molecular weight is 517 g/mol. The normalized spacial score (nSPS) is 14.7. The molecule has 2 aromatic rings. The Morgan fingerprint density at radius 3 is 2.86 bits per heavy atom. The maximum absolute atomic E-state index is 10.7. The van der Waals surface area contributed by atoms with E-state index in [0.717, 1.165) is 11.3 Å². The lowest BCUT2D eigenvalue weighted by Gasteiger charge is -2.20. The van der Waals surface area contributed by atoms with Crippen molar-refractivity contribution < 1.29 is 19.3 Å². The molecule has 0 spiro atoms. The molecule has 0 aliphatic carbocycles. The SMILES string of the molecule is CCNC(=NCC(C)(O)c1cnn(C)c1)NCCOc1ccc2c(c1)OCO2.I. The van der Waals surface area contributed by atoms with Gasteiger partial charge < -0.3 is 30.0 Å². The Morgan fingerprint density at radius 2 is 2.14 bits per heavy atom. The first-order chi connectivity index (χ1) is 13.5. The van der Waals surface area contributed by atoms with Crippen LogP contribution >= 0.6 is 24.0 Å². The molecule has 1 aromatic carbocycles. The van der Waals surface area contributed by atoms with Crippen LogP contribution in [0.5, 0.6) is 17.2 Å². The van der Waals surface area contributed by atoms with Crippen molar-refractivity contribution >= 4 is 29.9 Å². The summed E-state index contributed by atoms with van der Waals surface area (Å²) in [7, 11) is 1.81. The molecule has 10 heteroatoms. The first-order valence-corrected chi connectivity index (χ1v) is 9.24. The predicted octanol–water partition coefficient (Wildman–Crippen LogP) is 1.61. The minimum absolute atomic E-state index is 0. The molecule has 0 amide bonds. The van der Waals surface area contributed by atoms with Crippen molar-refractivity contribution in [1.29, 1.82) is 0 Å². The molecule has 1 atom stereocenters. The largest absolute Gasteiger partial charge is 0.492 e. The molecule has 0 radical (unpaired) electrons. The van der Waals surface area contributed by atoms with E-state index in [0.29, 0.717) is 37.2 Å². The van der Waals surface area contributed by atoms with Crippen LogP contribution in [0.25, 0.3) is 0 Å². The number of aromatic nitrogens is 2. The van der Waals surface area contributed by atoms with Crippen LogP contribution in [0.3, 0.4) is 0 Å². The predicted molar refractivity (Wildman–Crippen MR) is 120 cm³/mol. The highest BCUT2D eigenvalue weighted by atomic mass is 127. The Kier molecular flexibility index (Phi) is 8.38. The number of fused-ring (bicyclic) bond motifs is 1. The van der Waals surface area contributed by atoms with Crippen molar-refractivity contribution in [2.75, 3.05) is 33.0 Å². The lowest BCUT2D eigenvalue weighted by Crippen LogP contribution is -2.40. The molecule has 9 nitrogen and oxygen atoms in total. The third kappa shape index (κ3) is 6.39. The molecule has 0 bridgehead atoms. The zero-order valence-electron chi connectivity index (χ0n) is 16.8. The van der Waals surface area contributed by atoms with Gasteiger partial charge in [-0.1, -0.05) is 0 Å². The Bertz CT molecular complexity index is 825. The van der Waals surface area contributed by atoms with Crippen LogP contribution in [0.15, 0.2) is 35.6 Å². The Hall–Kier alpha value is -2.21. The molecule has 0 fully saturated rings. The zero-order valence-corrected chi connectivity index (χ0v) is 19.2. The van der Waals surface area contributed by atoms with E-state index in [4.69, 9.17) is 14.2 Å². The number of benzene rings is 1. The lowest BCUT2D eigenvalue weighted by atomic mass is 10.0. The summed E-state index contributed by atoms with van der Waals surface area (Å²) >= 11 is 0. The van der Waals surface area contributed by atoms with Gasteiger partial charge in [-0.2, -0.15) is 5.10 Å². The lowest BCUT2D eigenvalue weighted by molar-refractivity contribution is 0.0672. The minimum Gasteiger partial charge on any atom is -0.492 e. The smallest absolute Gasteiger partial charge is 0.231 e. The van der Waals surface area contributed by atoms with Gasteiger partial charge in [-0.25, -0.2) is 4.99 Å². The maximum atomic E-state index is 10.7. The molecule has 3 N–H and O–H groups in total. The number of aliphatic imine (C=N–C) groups is 1. The number of aliphatic hydroxyl groups is 1. The van der Waals surface area contributed by atoms with E-state index in [2.05, 4.69) is 20.7 Å². The van der Waals surface area contributed by atoms with E-state index >= 15 is 0 Å². The second kappa shape index (κ2) is 10.5. The van der Waals surface area contributed by atoms with E-state index in [1.165, 1.54) is 0 Å². The Balaban J connectivity index is 0.00000300. The third-order valence-corrected chi connectivity index (χ3v) is 4.22. The summed E-state index contributed by atoms with van der Waals surface area (Å²) in [4.78, 5) is 4.48. The molecule has 3 rings (SSSR count). The number of halogens is 1. The van der Waals surface area contributed by atoms with Crippen LogP contribution in [0.1, 0.15) is 19.4 Å². The molecule has 160 valence electrons. The van der Waals surface area contributed by atoms with Crippen molar-refractivity contribution in [3.63, 3.8) is 0 Å². The molecule has 0 saturated heterocycles. The number of hydrogen-bond acceptors (Lipinski definition) is 6. The molecular weight excluding hydrogens is 489 g/mol. The fourth-order valence-corrected chi connectivity index (χ4v) is 2.67. The summed E-state index contributed by atoms with van der Waals surface area (Å²) < 4.78 is 18.0. The fourth-order valence-electron chi connectivity index (χ4n) is 2.67. The number of ether oxygens (including phenoxy) is 3. The van der Waals surface area contributed by atoms with Gasteiger partial charge in [-0.15, -0.1) is 24.0 Å². The third-order valence-electron chi connectivity index (χ3n) is 4.22. The average Bonchev–Trinajstić information content (AvgIpc) is 3.31. The maximum Gasteiger partial charge on any atom is 0.231 e. The van der Waals surface area contributed by atoms with Crippen molar-refractivity contribution in [3.05, 3.63) is 36.2 Å². The van der Waals surface area contributed by atoms with Crippen LogP contribution in [0.4, 0.5) is 0 Å². The topological polar surface area (TPSA) is 102 Å². The summed E-state index contributed by atoms with van der Waals surface area (Å²) in [6.45, 7) is 5.87. The summed E-state index contributed by atoms with van der Waals surface area (Å²) in [5.74, 6) is 2.75. The summed E-state index contributed by atoms with van der Waals surface area (Å²) in [6.07, 6.45) is 3.43. The summed E-state index contributed by atoms with van der Waals surface area (Å²) in [5.41, 5.74) is -0.375.